The van der Waals surface area contributed by atoms with E-state index in [1.54, 1.807) is 0 Å². The van der Waals surface area contributed by atoms with Crippen LogP contribution in [0.25, 0.3) is 0 Å². The molecule has 0 bridgehead atoms. The zero-order valence-electron chi connectivity index (χ0n) is 10.8. The molecule has 0 spiro atoms. The van der Waals surface area contributed by atoms with E-state index in [0.29, 0.717) is 12.7 Å². The molecule has 1 heterocycles. The first-order valence-corrected chi connectivity index (χ1v) is 6.64. The molecule has 0 aromatic heterocycles. The van der Waals surface area contributed by atoms with Crippen LogP contribution in [-0.2, 0) is 16.1 Å². The zero-order valence-corrected chi connectivity index (χ0v) is 10.8. The Hall–Kier alpha value is -0.860. The van der Waals surface area contributed by atoms with Crippen molar-refractivity contribution >= 4 is 0 Å². The van der Waals surface area contributed by atoms with Crippen LogP contribution in [-0.4, -0.2) is 18.3 Å². The lowest BCUT2D eigenvalue weighted by molar-refractivity contribution is -0.0303. The molecule has 17 heavy (non-hydrogen) atoms. The van der Waals surface area contributed by atoms with Gasteiger partial charge in [0.1, 0.15) is 0 Å². The molecule has 94 valence electrons. The predicted octanol–water partition coefficient (Wildman–Crippen LogP) is 3.55. The zero-order chi connectivity index (χ0) is 12.1. The van der Waals surface area contributed by atoms with Gasteiger partial charge in [0.2, 0.25) is 0 Å². The van der Waals surface area contributed by atoms with E-state index in [1.165, 1.54) is 5.56 Å². The van der Waals surface area contributed by atoms with E-state index < -0.39 is 0 Å². The maximum atomic E-state index is 6.00. The predicted molar refractivity (Wildman–Crippen MR) is 68.9 cm³/mol. The van der Waals surface area contributed by atoms with Gasteiger partial charge in [-0.15, -0.1) is 0 Å². The van der Waals surface area contributed by atoms with Crippen LogP contribution in [0.15, 0.2) is 30.3 Å². The molecule has 0 amide bonds. The monoisotopic (exact) mass is 234 g/mol. The van der Waals surface area contributed by atoms with Gasteiger partial charge in [0, 0.05) is 6.42 Å². The third-order valence-electron chi connectivity index (χ3n) is 3.44. The van der Waals surface area contributed by atoms with Crippen molar-refractivity contribution in [1.82, 2.24) is 0 Å². The summed E-state index contributed by atoms with van der Waals surface area (Å²) in [6.45, 7) is 5.04. The number of benzene rings is 1. The number of hydrogen-bond donors (Lipinski definition) is 0. The van der Waals surface area contributed by atoms with Crippen molar-refractivity contribution < 1.29 is 9.47 Å². The van der Waals surface area contributed by atoms with Gasteiger partial charge in [-0.2, -0.15) is 0 Å². The Labute approximate surface area is 104 Å². The first kappa shape index (κ1) is 12.6. The maximum Gasteiger partial charge on any atom is 0.0865 e. The molecule has 1 saturated heterocycles. The van der Waals surface area contributed by atoms with Crippen LogP contribution in [0.3, 0.4) is 0 Å². The van der Waals surface area contributed by atoms with Crippen LogP contribution in [0.5, 0.6) is 0 Å². The smallest absolute Gasteiger partial charge is 0.0865 e. The lowest BCUT2D eigenvalue weighted by atomic mass is 10.1. The third-order valence-corrected chi connectivity index (χ3v) is 3.44. The molecule has 0 aliphatic carbocycles. The van der Waals surface area contributed by atoms with Gasteiger partial charge in [0.05, 0.1) is 24.9 Å². The van der Waals surface area contributed by atoms with Crippen molar-refractivity contribution in [3.8, 4) is 0 Å². The number of ether oxygens (including phenoxy) is 2. The summed E-state index contributed by atoms with van der Waals surface area (Å²) in [5.41, 5.74) is 1.24. The topological polar surface area (TPSA) is 18.5 Å². The summed E-state index contributed by atoms with van der Waals surface area (Å²) in [6, 6.07) is 10.3. The van der Waals surface area contributed by atoms with Gasteiger partial charge in [-0.3, -0.25) is 0 Å². The Kier molecular flexibility index (Phi) is 4.57. The lowest BCUT2D eigenvalue weighted by Crippen LogP contribution is -2.23. The summed E-state index contributed by atoms with van der Waals surface area (Å²) in [6.07, 6.45) is 4.11. The largest absolute Gasteiger partial charge is 0.372 e. The molecular formula is C15H22O2. The second-order valence-electron chi connectivity index (χ2n) is 4.68. The summed E-state index contributed by atoms with van der Waals surface area (Å²) >= 11 is 0. The molecule has 1 aliphatic heterocycles. The Morgan fingerprint density at radius 2 is 1.94 bits per heavy atom. The second kappa shape index (κ2) is 6.18. The Morgan fingerprint density at radius 1 is 1.18 bits per heavy atom. The summed E-state index contributed by atoms with van der Waals surface area (Å²) in [5, 5.41) is 0. The van der Waals surface area contributed by atoms with E-state index >= 15 is 0 Å². The molecule has 3 atom stereocenters. The van der Waals surface area contributed by atoms with Crippen LogP contribution in [0, 0.1) is 0 Å². The average molecular weight is 234 g/mol. The van der Waals surface area contributed by atoms with Gasteiger partial charge in [-0.1, -0.05) is 44.2 Å². The van der Waals surface area contributed by atoms with E-state index in [-0.39, 0.29) is 12.2 Å². The highest BCUT2D eigenvalue weighted by atomic mass is 16.6. The fraction of sp³-hybridized carbons (Fsp3) is 0.600. The minimum absolute atomic E-state index is 0.269. The van der Waals surface area contributed by atoms with Crippen molar-refractivity contribution in [1.29, 1.82) is 0 Å². The van der Waals surface area contributed by atoms with E-state index in [4.69, 9.17) is 9.47 Å². The van der Waals surface area contributed by atoms with E-state index in [0.717, 1.165) is 19.3 Å². The van der Waals surface area contributed by atoms with Gasteiger partial charge in [0.15, 0.2) is 0 Å². The van der Waals surface area contributed by atoms with Crippen molar-refractivity contribution in [3.05, 3.63) is 35.9 Å². The van der Waals surface area contributed by atoms with Crippen LogP contribution in [0.2, 0.25) is 0 Å². The number of hydrogen-bond acceptors (Lipinski definition) is 2. The number of rotatable bonds is 5. The standard InChI is InChI=1S/C15H22O2/c1-3-13-10-15(14(4-2)17-13)16-11-12-8-6-5-7-9-12/h5-9,13-15H,3-4,10-11H2,1-2H3. The molecule has 2 rings (SSSR count). The quantitative estimate of drug-likeness (QED) is 0.775. The van der Waals surface area contributed by atoms with Crippen LogP contribution in [0.4, 0.5) is 0 Å². The van der Waals surface area contributed by atoms with E-state index in [1.807, 2.05) is 6.07 Å². The summed E-state index contributed by atoms with van der Waals surface area (Å²) in [4.78, 5) is 0. The molecule has 2 nitrogen and oxygen atoms in total. The summed E-state index contributed by atoms with van der Waals surface area (Å²) in [7, 11) is 0. The van der Waals surface area contributed by atoms with Gasteiger partial charge in [-0.05, 0) is 18.4 Å². The Bertz CT molecular complexity index is 323. The molecular weight excluding hydrogens is 212 g/mol. The van der Waals surface area contributed by atoms with Gasteiger partial charge in [-0.25, -0.2) is 0 Å². The molecule has 1 fully saturated rings. The normalized spacial score (nSPS) is 28.5. The van der Waals surface area contributed by atoms with Gasteiger partial charge in [0.25, 0.3) is 0 Å². The maximum absolute atomic E-state index is 6.00. The fourth-order valence-corrected chi connectivity index (χ4v) is 2.38. The van der Waals surface area contributed by atoms with Crippen LogP contribution >= 0.6 is 0 Å². The molecule has 1 aliphatic rings. The van der Waals surface area contributed by atoms with Crippen LogP contribution in [0.1, 0.15) is 38.7 Å². The van der Waals surface area contributed by atoms with Gasteiger partial charge < -0.3 is 9.47 Å². The first-order chi connectivity index (χ1) is 8.33. The summed E-state index contributed by atoms with van der Waals surface area (Å²) in [5.74, 6) is 0. The Morgan fingerprint density at radius 3 is 2.59 bits per heavy atom. The van der Waals surface area contributed by atoms with Crippen molar-refractivity contribution in [2.24, 2.45) is 0 Å². The van der Waals surface area contributed by atoms with Crippen molar-refractivity contribution in [2.75, 3.05) is 0 Å². The molecule has 3 unspecified atom stereocenters. The van der Waals surface area contributed by atoms with E-state index in [2.05, 4.69) is 38.1 Å². The summed E-state index contributed by atoms with van der Waals surface area (Å²) < 4.78 is 11.9. The minimum atomic E-state index is 0.269. The van der Waals surface area contributed by atoms with E-state index in [9.17, 15) is 0 Å². The highest BCUT2D eigenvalue weighted by Crippen LogP contribution is 2.27. The first-order valence-electron chi connectivity index (χ1n) is 6.64. The minimum Gasteiger partial charge on any atom is -0.372 e. The molecule has 0 saturated carbocycles. The molecule has 1 aromatic rings. The highest BCUT2D eigenvalue weighted by Gasteiger charge is 2.33. The molecule has 1 aromatic carbocycles. The van der Waals surface area contributed by atoms with Crippen molar-refractivity contribution in [2.45, 2.75) is 58.0 Å². The van der Waals surface area contributed by atoms with Gasteiger partial charge >= 0.3 is 0 Å². The van der Waals surface area contributed by atoms with Crippen molar-refractivity contribution in [3.63, 3.8) is 0 Å². The molecule has 0 radical (unpaired) electrons. The lowest BCUT2D eigenvalue weighted by Gasteiger charge is -2.17. The molecule has 2 heteroatoms. The third kappa shape index (κ3) is 3.30. The highest BCUT2D eigenvalue weighted by molar-refractivity contribution is 5.13. The molecule has 0 N–H and O–H groups in total. The fourth-order valence-electron chi connectivity index (χ4n) is 2.38. The Balaban J connectivity index is 1.86. The SMILES string of the molecule is CCC1CC(OCc2ccccc2)C(CC)O1. The van der Waals surface area contributed by atoms with Crippen LogP contribution < -0.4 is 0 Å². The second-order valence-corrected chi connectivity index (χ2v) is 4.68. The average Bonchev–Trinajstić information content (AvgIpc) is 2.80.